The minimum atomic E-state index is -0.798. The first kappa shape index (κ1) is 19.0. The Morgan fingerprint density at radius 1 is 1.14 bits per heavy atom. The van der Waals surface area contributed by atoms with Crippen LogP contribution in [-0.4, -0.2) is 40.6 Å². The predicted octanol–water partition coefficient (Wildman–Crippen LogP) is 2.53. The molecule has 29 heavy (non-hydrogen) atoms. The third-order valence-corrected chi connectivity index (χ3v) is 4.49. The zero-order chi connectivity index (χ0) is 20.2. The van der Waals surface area contributed by atoms with Crippen LogP contribution in [-0.2, 0) is 17.9 Å². The normalized spacial score (nSPS) is 14.0. The summed E-state index contributed by atoms with van der Waals surface area (Å²) in [6.45, 7) is 1.86. The highest BCUT2D eigenvalue weighted by molar-refractivity contribution is 5.78. The van der Waals surface area contributed by atoms with E-state index in [0.717, 1.165) is 23.4 Å². The smallest absolute Gasteiger partial charge is 0.263 e. The number of benzene rings is 2. The Hall–Kier alpha value is -3.33. The summed E-state index contributed by atoms with van der Waals surface area (Å²) in [5.74, 6) is -1.14. The molecule has 2 heterocycles. The van der Waals surface area contributed by atoms with Crippen LogP contribution in [0.1, 0.15) is 11.4 Å². The van der Waals surface area contributed by atoms with E-state index < -0.39 is 11.6 Å². The maximum atomic E-state index is 13.8. The molecule has 7 nitrogen and oxygen atoms in total. The zero-order valence-electron chi connectivity index (χ0n) is 15.4. The predicted molar refractivity (Wildman–Crippen MR) is 98.7 cm³/mol. The van der Waals surface area contributed by atoms with Crippen molar-refractivity contribution in [1.82, 2.24) is 20.4 Å². The van der Waals surface area contributed by atoms with Gasteiger partial charge >= 0.3 is 0 Å². The van der Waals surface area contributed by atoms with Gasteiger partial charge in [-0.15, -0.1) is 0 Å². The molecular formula is C20H18F2N4O3. The number of rotatable bonds is 5. The van der Waals surface area contributed by atoms with Crippen molar-refractivity contribution in [2.24, 2.45) is 0 Å². The molecule has 0 atom stereocenters. The number of nitrogens with one attached hydrogen (secondary N) is 1. The molecule has 0 fully saturated rings. The lowest BCUT2D eigenvalue weighted by atomic mass is 10.2. The van der Waals surface area contributed by atoms with Gasteiger partial charge in [0.2, 0.25) is 5.91 Å². The Bertz CT molecular complexity index is 1000. The summed E-state index contributed by atoms with van der Waals surface area (Å²) in [7, 11) is 0. The summed E-state index contributed by atoms with van der Waals surface area (Å²) >= 11 is 0. The molecule has 4 rings (SSSR count). The van der Waals surface area contributed by atoms with E-state index in [9.17, 15) is 13.6 Å². The van der Waals surface area contributed by atoms with Crippen molar-refractivity contribution >= 4 is 5.91 Å². The number of amides is 1. The SMILES string of the molecule is O=C(CN1CCOc2ccccc2C1)NCc1noc(-c2c(F)cccc2F)n1. The van der Waals surface area contributed by atoms with E-state index in [0.29, 0.717) is 19.7 Å². The summed E-state index contributed by atoms with van der Waals surface area (Å²) < 4.78 is 38.2. The van der Waals surface area contributed by atoms with E-state index in [1.807, 2.05) is 29.2 Å². The van der Waals surface area contributed by atoms with Gasteiger partial charge in [-0.05, 0) is 18.2 Å². The van der Waals surface area contributed by atoms with Crippen molar-refractivity contribution in [3.05, 3.63) is 65.5 Å². The van der Waals surface area contributed by atoms with Crippen LogP contribution in [0.25, 0.3) is 11.5 Å². The third-order valence-electron chi connectivity index (χ3n) is 4.49. The molecule has 1 N–H and O–H groups in total. The zero-order valence-corrected chi connectivity index (χ0v) is 15.4. The highest BCUT2D eigenvalue weighted by Gasteiger charge is 2.20. The maximum absolute atomic E-state index is 13.8. The van der Waals surface area contributed by atoms with Gasteiger partial charge in [0, 0.05) is 18.7 Å². The van der Waals surface area contributed by atoms with E-state index in [1.165, 1.54) is 6.07 Å². The maximum Gasteiger partial charge on any atom is 0.263 e. The highest BCUT2D eigenvalue weighted by atomic mass is 19.1. The van der Waals surface area contributed by atoms with E-state index in [1.54, 1.807) is 0 Å². The number of hydrogen-bond acceptors (Lipinski definition) is 6. The lowest BCUT2D eigenvalue weighted by Crippen LogP contribution is -2.37. The second kappa shape index (κ2) is 8.36. The number of para-hydroxylation sites is 1. The van der Waals surface area contributed by atoms with Crippen LogP contribution in [0.3, 0.4) is 0 Å². The molecule has 0 radical (unpaired) electrons. The van der Waals surface area contributed by atoms with Gasteiger partial charge in [0.05, 0.1) is 13.1 Å². The van der Waals surface area contributed by atoms with Crippen molar-refractivity contribution in [1.29, 1.82) is 0 Å². The summed E-state index contributed by atoms with van der Waals surface area (Å²) in [6, 6.07) is 11.2. The summed E-state index contributed by atoms with van der Waals surface area (Å²) in [4.78, 5) is 18.2. The molecule has 0 unspecified atom stereocenters. The number of halogens is 2. The topological polar surface area (TPSA) is 80.5 Å². The largest absolute Gasteiger partial charge is 0.492 e. The summed E-state index contributed by atoms with van der Waals surface area (Å²) in [5, 5.41) is 6.36. The molecule has 0 saturated heterocycles. The lowest BCUT2D eigenvalue weighted by Gasteiger charge is -2.18. The Labute approximate surface area is 165 Å². The number of hydrogen-bond donors (Lipinski definition) is 1. The Morgan fingerprint density at radius 2 is 1.93 bits per heavy atom. The minimum absolute atomic E-state index is 0.0146. The van der Waals surface area contributed by atoms with Crippen LogP contribution in [0, 0.1) is 11.6 Å². The Balaban J connectivity index is 1.34. The molecule has 1 aliphatic rings. The fourth-order valence-corrected chi connectivity index (χ4v) is 3.08. The average Bonchev–Trinajstić information content (AvgIpc) is 3.06. The summed E-state index contributed by atoms with van der Waals surface area (Å²) in [5.41, 5.74) is 0.633. The molecule has 150 valence electrons. The van der Waals surface area contributed by atoms with E-state index >= 15 is 0 Å². The monoisotopic (exact) mass is 400 g/mol. The van der Waals surface area contributed by atoms with E-state index in [2.05, 4.69) is 15.5 Å². The van der Waals surface area contributed by atoms with E-state index in [4.69, 9.17) is 9.26 Å². The van der Waals surface area contributed by atoms with Crippen molar-refractivity contribution in [3.8, 4) is 17.2 Å². The van der Waals surface area contributed by atoms with Crippen molar-refractivity contribution < 1.29 is 22.8 Å². The second-order valence-corrected chi connectivity index (χ2v) is 6.56. The average molecular weight is 400 g/mol. The highest BCUT2D eigenvalue weighted by Crippen LogP contribution is 2.24. The van der Waals surface area contributed by atoms with Gasteiger partial charge in [-0.25, -0.2) is 8.78 Å². The molecule has 2 aromatic carbocycles. The van der Waals surface area contributed by atoms with Gasteiger partial charge in [-0.1, -0.05) is 29.4 Å². The molecule has 9 heteroatoms. The minimum Gasteiger partial charge on any atom is -0.492 e. The lowest BCUT2D eigenvalue weighted by molar-refractivity contribution is -0.122. The number of fused-ring (bicyclic) bond motifs is 1. The van der Waals surface area contributed by atoms with Gasteiger partial charge in [0.15, 0.2) is 5.82 Å². The van der Waals surface area contributed by atoms with Crippen LogP contribution in [0.5, 0.6) is 5.75 Å². The fourth-order valence-electron chi connectivity index (χ4n) is 3.08. The van der Waals surface area contributed by atoms with Gasteiger partial charge in [0.25, 0.3) is 5.89 Å². The number of carbonyl (C=O) groups is 1. The van der Waals surface area contributed by atoms with Crippen molar-refractivity contribution in [2.75, 3.05) is 19.7 Å². The van der Waals surface area contributed by atoms with Gasteiger partial charge in [-0.3, -0.25) is 9.69 Å². The molecule has 1 aliphatic heterocycles. The van der Waals surface area contributed by atoms with Crippen molar-refractivity contribution in [2.45, 2.75) is 13.1 Å². The Morgan fingerprint density at radius 3 is 2.76 bits per heavy atom. The second-order valence-electron chi connectivity index (χ2n) is 6.56. The molecule has 1 aromatic heterocycles. The van der Waals surface area contributed by atoms with E-state index in [-0.39, 0.29) is 36.3 Å². The molecule has 0 aliphatic carbocycles. The first-order valence-electron chi connectivity index (χ1n) is 9.07. The quantitative estimate of drug-likeness (QED) is 0.709. The number of carbonyl (C=O) groups excluding carboxylic acids is 1. The van der Waals surface area contributed by atoms with Crippen LogP contribution in [0.15, 0.2) is 47.0 Å². The molecule has 0 saturated carbocycles. The molecular weight excluding hydrogens is 382 g/mol. The van der Waals surface area contributed by atoms with Crippen LogP contribution >= 0.6 is 0 Å². The van der Waals surface area contributed by atoms with Crippen LogP contribution in [0.4, 0.5) is 8.78 Å². The van der Waals surface area contributed by atoms with Crippen LogP contribution in [0.2, 0.25) is 0 Å². The molecule has 0 bridgehead atoms. The number of aromatic nitrogens is 2. The molecule has 0 spiro atoms. The van der Waals surface area contributed by atoms with Gasteiger partial charge in [0.1, 0.15) is 29.6 Å². The van der Waals surface area contributed by atoms with Gasteiger partial charge in [-0.2, -0.15) is 4.98 Å². The standard InChI is InChI=1S/C20H18F2N4O3/c21-14-5-3-6-15(22)19(14)20-24-17(25-29-20)10-23-18(27)12-26-8-9-28-16-7-2-1-4-13(16)11-26/h1-7H,8-12H2,(H,23,27). The first-order chi connectivity index (χ1) is 14.1. The van der Waals surface area contributed by atoms with Gasteiger partial charge < -0.3 is 14.6 Å². The Kier molecular flexibility index (Phi) is 5.48. The summed E-state index contributed by atoms with van der Waals surface area (Å²) in [6.07, 6.45) is 0. The number of nitrogens with zero attached hydrogens (tertiary/aromatic N) is 3. The van der Waals surface area contributed by atoms with Crippen LogP contribution < -0.4 is 10.1 Å². The molecule has 3 aromatic rings. The van der Waals surface area contributed by atoms with Crippen molar-refractivity contribution in [3.63, 3.8) is 0 Å². The third kappa shape index (κ3) is 4.40. The molecule has 1 amide bonds. The first-order valence-corrected chi connectivity index (χ1v) is 9.07. The number of ether oxygens (including phenoxy) is 1. The fraction of sp³-hybridized carbons (Fsp3) is 0.250.